The fourth-order valence-corrected chi connectivity index (χ4v) is 3.11. The number of nitro groups is 1. The van der Waals surface area contributed by atoms with Gasteiger partial charge in [-0.05, 0) is 11.6 Å². The van der Waals surface area contributed by atoms with Crippen LogP contribution in [0, 0.1) is 10.1 Å². The van der Waals surface area contributed by atoms with Gasteiger partial charge in [-0.2, -0.15) is 0 Å². The Morgan fingerprint density at radius 2 is 1.75 bits per heavy atom. The molecule has 0 radical (unpaired) electrons. The van der Waals surface area contributed by atoms with Crippen LogP contribution in [0.15, 0.2) is 54.6 Å². The van der Waals surface area contributed by atoms with Crippen molar-refractivity contribution in [3.63, 3.8) is 0 Å². The lowest BCUT2D eigenvalue weighted by Gasteiger charge is -2.05. The van der Waals surface area contributed by atoms with Crippen molar-refractivity contribution in [3.05, 3.63) is 70.3 Å². The highest BCUT2D eigenvalue weighted by Crippen LogP contribution is 2.41. The molecule has 100 valence electrons. The summed E-state index contributed by atoms with van der Waals surface area (Å²) in [5.41, 5.74) is 1.71. The van der Waals surface area contributed by atoms with E-state index in [1.165, 1.54) is 11.3 Å². The highest BCUT2D eigenvalue weighted by atomic mass is 32.1. The molecule has 4 nitrogen and oxygen atoms in total. The van der Waals surface area contributed by atoms with Crippen LogP contribution in [0.2, 0.25) is 0 Å². The largest absolute Gasteiger partial charge is 0.374 e. The van der Waals surface area contributed by atoms with Crippen molar-refractivity contribution >= 4 is 32.1 Å². The number of nitrogens with one attached hydrogen (secondary N) is 1. The van der Waals surface area contributed by atoms with E-state index in [0.717, 1.165) is 15.6 Å². The Morgan fingerprint density at radius 3 is 2.50 bits per heavy atom. The minimum Gasteiger partial charge on any atom is -0.374 e. The second-order valence-electron chi connectivity index (χ2n) is 4.37. The summed E-state index contributed by atoms with van der Waals surface area (Å²) in [4.78, 5) is 10.9. The van der Waals surface area contributed by atoms with Gasteiger partial charge in [-0.3, -0.25) is 10.1 Å². The van der Waals surface area contributed by atoms with Crippen LogP contribution in [-0.2, 0) is 6.54 Å². The first-order chi connectivity index (χ1) is 9.75. The zero-order valence-electron chi connectivity index (χ0n) is 10.6. The third-order valence-electron chi connectivity index (χ3n) is 3.05. The van der Waals surface area contributed by atoms with Crippen LogP contribution in [0.4, 0.5) is 10.7 Å². The first-order valence-electron chi connectivity index (χ1n) is 6.19. The molecule has 0 atom stereocenters. The maximum atomic E-state index is 11.2. The molecule has 1 heterocycles. The predicted octanol–water partition coefficient (Wildman–Crippen LogP) is 4.42. The smallest absolute Gasteiger partial charge is 0.348 e. The van der Waals surface area contributed by atoms with Crippen molar-refractivity contribution < 1.29 is 4.92 Å². The SMILES string of the molecule is O=[N+]([O-])c1sc2ccccc2c1NCc1ccccc1. The number of benzene rings is 2. The van der Waals surface area contributed by atoms with E-state index in [-0.39, 0.29) is 9.92 Å². The molecule has 1 N–H and O–H groups in total. The van der Waals surface area contributed by atoms with Gasteiger partial charge in [-0.1, -0.05) is 59.9 Å². The molecule has 0 amide bonds. The Labute approximate surface area is 119 Å². The summed E-state index contributed by atoms with van der Waals surface area (Å²) in [5.74, 6) is 0. The van der Waals surface area contributed by atoms with Crippen molar-refractivity contribution in [1.82, 2.24) is 0 Å². The first kappa shape index (κ1) is 12.6. The topological polar surface area (TPSA) is 55.2 Å². The number of nitrogens with zero attached hydrogens (tertiary/aromatic N) is 1. The fourth-order valence-electron chi connectivity index (χ4n) is 2.12. The molecule has 5 heteroatoms. The second-order valence-corrected chi connectivity index (χ2v) is 5.41. The van der Waals surface area contributed by atoms with Gasteiger partial charge in [-0.25, -0.2) is 0 Å². The molecule has 0 aliphatic rings. The Bertz CT molecular complexity index is 753. The molecule has 0 fully saturated rings. The van der Waals surface area contributed by atoms with Gasteiger partial charge in [0.15, 0.2) is 0 Å². The monoisotopic (exact) mass is 284 g/mol. The van der Waals surface area contributed by atoms with Crippen LogP contribution in [0.3, 0.4) is 0 Å². The van der Waals surface area contributed by atoms with E-state index in [1.807, 2.05) is 54.6 Å². The molecule has 3 rings (SSSR count). The van der Waals surface area contributed by atoms with Crippen LogP contribution < -0.4 is 5.32 Å². The van der Waals surface area contributed by atoms with Crippen molar-refractivity contribution in [2.45, 2.75) is 6.54 Å². The van der Waals surface area contributed by atoms with Gasteiger partial charge in [-0.15, -0.1) is 0 Å². The summed E-state index contributed by atoms with van der Waals surface area (Å²) in [7, 11) is 0. The molecular weight excluding hydrogens is 272 g/mol. The third-order valence-corrected chi connectivity index (χ3v) is 4.18. The Hall–Kier alpha value is -2.40. The quantitative estimate of drug-likeness (QED) is 0.570. The Morgan fingerprint density at radius 1 is 1.05 bits per heavy atom. The number of fused-ring (bicyclic) bond motifs is 1. The maximum Gasteiger partial charge on any atom is 0.348 e. The van der Waals surface area contributed by atoms with Gasteiger partial charge in [0.25, 0.3) is 0 Å². The van der Waals surface area contributed by atoms with E-state index in [4.69, 9.17) is 0 Å². The van der Waals surface area contributed by atoms with E-state index in [9.17, 15) is 10.1 Å². The summed E-state index contributed by atoms with van der Waals surface area (Å²) >= 11 is 1.21. The van der Waals surface area contributed by atoms with Crippen LogP contribution in [0.5, 0.6) is 0 Å². The lowest BCUT2D eigenvalue weighted by molar-refractivity contribution is -0.379. The molecular formula is C15H12N2O2S. The standard InChI is InChI=1S/C15H12N2O2S/c18-17(19)15-14(12-8-4-5-9-13(12)20-15)16-10-11-6-2-1-3-7-11/h1-9,16H,10H2. The highest BCUT2D eigenvalue weighted by Gasteiger charge is 2.20. The molecule has 1 aromatic heterocycles. The molecule has 0 saturated carbocycles. The first-order valence-corrected chi connectivity index (χ1v) is 7.01. The van der Waals surface area contributed by atoms with Gasteiger partial charge in [0.2, 0.25) is 0 Å². The zero-order valence-corrected chi connectivity index (χ0v) is 11.4. The van der Waals surface area contributed by atoms with Crippen molar-refractivity contribution in [2.75, 3.05) is 5.32 Å². The summed E-state index contributed by atoms with van der Waals surface area (Å²) in [6.07, 6.45) is 0. The van der Waals surface area contributed by atoms with Gasteiger partial charge in [0, 0.05) is 16.6 Å². The van der Waals surface area contributed by atoms with Crippen molar-refractivity contribution in [2.24, 2.45) is 0 Å². The fraction of sp³-hybridized carbons (Fsp3) is 0.0667. The third kappa shape index (κ3) is 2.35. The lowest BCUT2D eigenvalue weighted by Crippen LogP contribution is -2.00. The van der Waals surface area contributed by atoms with Crippen LogP contribution in [0.1, 0.15) is 5.56 Å². The number of hydrogen-bond acceptors (Lipinski definition) is 4. The predicted molar refractivity (Wildman–Crippen MR) is 82.2 cm³/mol. The van der Waals surface area contributed by atoms with Gasteiger partial charge < -0.3 is 5.32 Å². The van der Waals surface area contributed by atoms with Gasteiger partial charge in [0.1, 0.15) is 5.69 Å². The molecule has 3 aromatic rings. The van der Waals surface area contributed by atoms with Crippen LogP contribution in [0.25, 0.3) is 10.1 Å². The molecule has 0 aliphatic carbocycles. The van der Waals surface area contributed by atoms with Crippen LogP contribution >= 0.6 is 11.3 Å². The number of thiophene rings is 1. The number of rotatable bonds is 4. The average molecular weight is 284 g/mol. The van der Waals surface area contributed by atoms with E-state index in [2.05, 4.69) is 5.32 Å². The molecule has 0 spiro atoms. The molecule has 20 heavy (non-hydrogen) atoms. The Balaban J connectivity index is 1.97. The summed E-state index contributed by atoms with van der Waals surface area (Å²) < 4.78 is 0.926. The number of hydrogen-bond donors (Lipinski definition) is 1. The van der Waals surface area contributed by atoms with Crippen LogP contribution in [-0.4, -0.2) is 4.92 Å². The van der Waals surface area contributed by atoms with E-state index < -0.39 is 0 Å². The Kier molecular flexibility index (Phi) is 3.35. The van der Waals surface area contributed by atoms with E-state index in [1.54, 1.807) is 0 Å². The molecule has 2 aromatic carbocycles. The summed E-state index contributed by atoms with van der Waals surface area (Å²) in [5, 5.41) is 15.5. The zero-order chi connectivity index (χ0) is 13.9. The number of anilines is 1. The summed E-state index contributed by atoms with van der Waals surface area (Å²) in [6, 6.07) is 17.4. The maximum absolute atomic E-state index is 11.2. The average Bonchev–Trinajstić information content (AvgIpc) is 2.85. The lowest BCUT2D eigenvalue weighted by atomic mass is 10.2. The van der Waals surface area contributed by atoms with Gasteiger partial charge in [0.05, 0.1) is 4.92 Å². The normalized spacial score (nSPS) is 10.6. The summed E-state index contributed by atoms with van der Waals surface area (Å²) in [6.45, 7) is 0.572. The van der Waals surface area contributed by atoms with Gasteiger partial charge >= 0.3 is 5.00 Å². The second kappa shape index (κ2) is 5.30. The highest BCUT2D eigenvalue weighted by molar-refractivity contribution is 7.23. The van der Waals surface area contributed by atoms with E-state index in [0.29, 0.717) is 12.2 Å². The molecule has 0 saturated heterocycles. The molecule has 0 bridgehead atoms. The van der Waals surface area contributed by atoms with E-state index >= 15 is 0 Å². The minimum atomic E-state index is -0.321. The molecule has 0 aliphatic heterocycles. The minimum absolute atomic E-state index is 0.169. The van der Waals surface area contributed by atoms with Crippen molar-refractivity contribution in [3.8, 4) is 0 Å². The molecule has 0 unspecified atom stereocenters. The van der Waals surface area contributed by atoms with Crippen molar-refractivity contribution in [1.29, 1.82) is 0 Å².